The van der Waals surface area contributed by atoms with E-state index in [1.807, 2.05) is 31.2 Å². The maximum atomic E-state index is 12.3. The fraction of sp³-hybridized carbons (Fsp3) is 0.231. The van der Waals surface area contributed by atoms with Crippen LogP contribution in [0.5, 0.6) is 0 Å². The van der Waals surface area contributed by atoms with Gasteiger partial charge in [-0.05, 0) is 19.1 Å². The number of aryl methyl sites for hydroxylation is 1. The average molecular weight is 243 g/mol. The summed E-state index contributed by atoms with van der Waals surface area (Å²) in [5, 5.41) is 3.66. The molecule has 5 nitrogen and oxygen atoms in total. The monoisotopic (exact) mass is 243 g/mol. The van der Waals surface area contributed by atoms with E-state index in [4.69, 9.17) is 4.52 Å². The van der Waals surface area contributed by atoms with Gasteiger partial charge in [0.15, 0.2) is 5.76 Å². The Balaban J connectivity index is 2.22. The van der Waals surface area contributed by atoms with Gasteiger partial charge in [-0.3, -0.25) is 9.13 Å². The van der Waals surface area contributed by atoms with Crippen molar-refractivity contribution in [3.05, 3.63) is 52.8 Å². The minimum atomic E-state index is -0.0184. The molecular formula is C13H13N3O2. The van der Waals surface area contributed by atoms with E-state index in [0.717, 1.165) is 11.0 Å². The molecule has 92 valence electrons. The maximum Gasteiger partial charge on any atom is 0.329 e. The zero-order valence-corrected chi connectivity index (χ0v) is 10.0. The molecule has 2 heterocycles. The Labute approximate surface area is 103 Å². The zero-order valence-electron chi connectivity index (χ0n) is 10.0. The van der Waals surface area contributed by atoms with Gasteiger partial charge >= 0.3 is 5.69 Å². The number of rotatable bonds is 3. The number of benzene rings is 1. The number of imidazole rings is 1. The fourth-order valence-electron chi connectivity index (χ4n) is 2.21. The minimum absolute atomic E-state index is 0.0184. The average Bonchev–Trinajstić information content (AvgIpc) is 2.98. The van der Waals surface area contributed by atoms with Crippen LogP contribution in [0.3, 0.4) is 0 Å². The Kier molecular flexibility index (Phi) is 2.51. The summed E-state index contributed by atoms with van der Waals surface area (Å²) < 4.78 is 8.53. The van der Waals surface area contributed by atoms with Crippen LogP contribution in [0.4, 0.5) is 0 Å². The van der Waals surface area contributed by atoms with Gasteiger partial charge in [-0.2, -0.15) is 0 Å². The van der Waals surface area contributed by atoms with Gasteiger partial charge < -0.3 is 4.52 Å². The van der Waals surface area contributed by atoms with Crippen LogP contribution in [0.15, 0.2) is 45.8 Å². The van der Waals surface area contributed by atoms with Crippen molar-refractivity contribution < 1.29 is 4.52 Å². The summed E-state index contributed by atoms with van der Waals surface area (Å²) in [4.78, 5) is 12.3. The van der Waals surface area contributed by atoms with E-state index >= 15 is 0 Å². The number of hydrogen-bond donors (Lipinski definition) is 0. The van der Waals surface area contributed by atoms with E-state index in [1.54, 1.807) is 21.4 Å². The molecule has 5 heteroatoms. The van der Waals surface area contributed by atoms with Crippen molar-refractivity contribution in [1.29, 1.82) is 0 Å². The molecule has 18 heavy (non-hydrogen) atoms. The summed E-state index contributed by atoms with van der Waals surface area (Å²) in [6.07, 6.45) is 1.58. The van der Waals surface area contributed by atoms with Crippen LogP contribution in [-0.4, -0.2) is 14.3 Å². The van der Waals surface area contributed by atoms with E-state index in [0.29, 0.717) is 18.8 Å². The molecule has 0 fully saturated rings. The van der Waals surface area contributed by atoms with Crippen LogP contribution in [0.2, 0.25) is 0 Å². The number of para-hydroxylation sites is 2. The lowest BCUT2D eigenvalue weighted by molar-refractivity contribution is 0.375. The van der Waals surface area contributed by atoms with Gasteiger partial charge in [0.05, 0.1) is 23.8 Å². The number of fused-ring (bicyclic) bond motifs is 1. The number of hydrogen-bond acceptors (Lipinski definition) is 3. The van der Waals surface area contributed by atoms with Crippen molar-refractivity contribution in [1.82, 2.24) is 14.3 Å². The highest BCUT2D eigenvalue weighted by atomic mass is 16.5. The predicted octanol–water partition coefficient (Wildman–Crippen LogP) is 1.86. The predicted molar refractivity (Wildman–Crippen MR) is 67.5 cm³/mol. The van der Waals surface area contributed by atoms with E-state index < -0.39 is 0 Å². The molecule has 0 N–H and O–H groups in total. The quantitative estimate of drug-likeness (QED) is 0.705. The second-order valence-corrected chi connectivity index (χ2v) is 4.08. The topological polar surface area (TPSA) is 53.0 Å². The summed E-state index contributed by atoms with van der Waals surface area (Å²) in [7, 11) is 0. The number of aromatic nitrogens is 3. The van der Waals surface area contributed by atoms with Crippen molar-refractivity contribution in [2.24, 2.45) is 0 Å². The van der Waals surface area contributed by atoms with Crippen LogP contribution < -0.4 is 5.69 Å². The largest absolute Gasteiger partial charge is 0.359 e. The molecule has 2 aromatic heterocycles. The SMILES string of the molecule is CCn1c(=O)n(Cc2ccno2)c2ccccc21. The summed E-state index contributed by atoms with van der Waals surface area (Å²) in [5.74, 6) is 0.677. The molecule has 0 radical (unpaired) electrons. The molecule has 0 aliphatic rings. The van der Waals surface area contributed by atoms with Gasteiger partial charge in [-0.1, -0.05) is 17.3 Å². The van der Waals surface area contributed by atoms with Crippen molar-refractivity contribution in [3.8, 4) is 0 Å². The lowest BCUT2D eigenvalue weighted by Crippen LogP contribution is -2.24. The summed E-state index contributed by atoms with van der Waals surface area (Å²) in [6, 6.07) is 9.53. The molecule has 0 aliphatic heterocycles. The molecular weight excluding hydrogens is 230 g/mol. The van der Waals surface area contributed by atoms with Crippen molar-refractivity contribution in [2.75, 3.05) is 0 Å². The van der Waals surface area contributed by atoms with E-state index in [1.165, 1.54) is 0 Å². The molecule has 0 unspecified atom stereocenters. The molecule has 0 aliphatic carbocycles. The smallest absolute Gasteiger partial charge is 0.329 e. The second kappa shape index (κ2) is 4.18. The molecule has 0 saturated carbocycles. The lowest BCUT2D eigenvalue weighted by Gasteiger charge is -1.98. The lowest BCUT2D eigenvalue weighted by atomic mass is 10.3. The van der Waals surface area contributed by atoms with Gasteiger partial charge in [0, 0.05) is 12.6 Å². The summed E-state index contributed by atoms with van der Waals surface area (Å²) >= 11 is 0. The van der Waals surface area contributed by atoms with Crippen molar-refractivity contribution in [2.45, 2.75) is 20.0 Å². The van der Waals surface area contributed by atoms with Crippen LogP contribution in [-0.2, 0) is 13.1 Å². The van der Waals surface area contributed by atoms with Gasteiger partial charge in [-0.25, -0.2) is 4.79 Å². The maximum absolute atomic E-state index is 12.3. The molecule has 1 aromatic carbocycles. The highest BCUT2D eigenvalue weighted by Gasteiger charge is 2.12. The summed E-state index contributed by atoms with van der Waals surface area (Å²) in [5.41, 5.74) is 1.85. The third kappa shape index (κ3) is 1.55. The van der Waals surface area contributed by atoms with E-state index in [-0.39, 0.29) is 5.69 Å². The van der Waals surface area contributed by atoms with Crippen LogP contribution >= 0.6 is 0 Å². The highest BCUT2D eigenvalue weighted by molar-refractivity contribution is 5.76. The first kappa shape index (κ1) is 10.8. The van der Waals surface area contributed by atoms with E-state index in [2.05, 4.69) is 5.16 Å². The Morgan fingerprint density at radius 1 is 1.17 bits per heavy atom. The van der Waals surface area contributed by atoms with Gasteiger partial charge in [0.1, 0.15) is 0 Å². The molecule has 0 spiro atoms. The first-order valence-electron chi connectivity index (χ1n) is 5.89. The second-order valence-electron chi connectivity index (χ2n) is 4.08. The number of nitrogens with zero attached hydrogens (tertiary/aromatic N) is 3. The van der Waals surface area contributed by atoms with Crippen LogP contribution in [0, 0.1) is 0 Å². The molecule has 0 atom stereocenters. The highest BCUT2D eigenvalue weighted by Crippen LogP contribution is 2.14. The van der Waals surface area contributed by atoms with Gasteiger partial charge in [0.2, 0.25) is 0 Å². The Morgan fingerprint density at radius 2 is 1.89 bits per heavy atom. The van der Waals surface area contributed by atoms with Gasteiger partial charge in [0.25, 0.3) is 0 Å². The fourth-order valence-corrected chi connectivity index (χ4v) is 2.21. The van der Waals surface area contributed by atoms with Crippen LogP contribution in [0.1, 0.15) is 12.7 Å². The molecule has 0 amide bonds. The van der Waals surface area contributed by atoms with Crippen molar-refractivity contribution in [3.63, 3.8) is 0 Å². The van der Waals surface area contributed by atoms with Crippen molar-refractivity contribution >= 4 is 11.0 Å². The van der Waals surface area contributed by atoms with E-state index in [9.17, 15) is 4.79 Å². The first-order valence-corrected chi connectivity index (χ1v) is 5.89. The molecule has 3 rings (SSSR count). The van der Waals surface area contributed by atoms with Gasteiger partial charge in [-0.15, -0.1) is 0 Å². The molecule has 3 aromatic rings. The third-order valence-corrected chi connectivity index (χ3v) is 3.05. The normalized spacial score (nSPS) is 11.2. The Bertz CT molecular complexity index is 722. The van der Waals surface area contributed by atoms with Crippen LogP contribution in [0.25, 0.3) is 11.0 Å². The minimum Gasteiger partial charge on any atom is -0.359 e. The molecule has 0 saturated heterocycles. The Morgan fingerprint density at radius 3 is 2.50 bits per heavy atom. The summed E-state index contributed by atoms with van der Waals surface area (Å²) in [6.45, 7) is 3.03. The third-order valence-electron chi connectivity index (χ3n) is 3.05. The Hall–Kier alpha value is -2.30. The zero-order chi connectivity index (χ0) is 12.5. The molecule has 0 bridgehead atoms. The standard InChI is InChI=1S/C13H13N3O2/c1-2-15-11-5-3-4-6-12(11)16(13(15)17)9-10-7-8-14-18-10/h3-8H,2,9H2,1H3. The first-order chi connectivity index (χ1) is 8.81.